The molecule has 0 amide bonds. The molecule has 2 aliphatic heterocycles. The molecule has 0 saturated carbocycles. The topological polar surface area (TPSA) is 32.3 Å². The van der Waals surface area contributed by atoms with E-state index in [-0.39, 0.29) is 0 Å². The maximum Gasteiger partial charge on any atom is 0.151 e. The number of aryl methyl sites for hydroxylation is 1. The summed E-state index contributed by atoms with van der Waals surface area (Å²) in [4.78, 5) is 5.16. The van der Waals surface area contributed by atoms with Gasteiger partial charge in [0.15, 0.2) is 5.82 Å². The average molecular weight is 429 g/mol. The van der Waals surface area contributed by atoms with Gasteiger partial charge in [-0.05, 0) is 74.9 Å². The van der Waals surface area contributed by atoms with E-state index in [0.29, 0.717) is 0 Å². The summed E-state index contributed by atoms with van der Waals surface area (Å²) in [6.07, 6.45) is 6.59. The van der Waals surface area contributed by atoms with Crippen LogP contribution in [0.1, 0.15) is 43.4 Å². The van der Waals surface area contributed by atoms with Crippen molar-refractivity contribution in [1.82, 2.24) is 15.1 Å². The van der Waals surface area contributed by atoms with E-state index in [9.17, 15) is 0 Å². The number of anilines is 1. The second kappa shape index (κ2) is 8.70. The predicted molar refractivity (Wildman–Crippen MR) is 114 cm³/mol. The van der Waals surface area contributed by atoms with Crippen LogP contribution in [0.4, 0.5) is 5.82 Å². The van der Waals surface area contributed by atoms with Gasteiger partial charge in [0.05, 0.1) is 5.69 Å². The summed E-state index contributed by atoms with van der Waals surface area (Å²) in [6, 6.07) is 13.8. The molecule has 5 heteroatoms. The van der Waals surface area contributed by atoms with E-state index in [2.05, 4.69) is 72.3 Å². The van der Waals surface area contributed by atoms with Crippen molar-refractivity contribution < 1.29 is 0 Å². The summed E-state index contributed by atoms with van der Waals surface area (Å²) in [7, 11) is 0. The van der Waals surface area contributed by atoms with Crippen LogP contribution < -0.4 is 4.90 Å². The smallest absolute Gasteiger partial charge is 0.151 e. The van der Waals surface area contributed by atoms with Crippen LogP contribution in [0.5, 0.6) is 0 Å². The van der Waals surface area contributed by atoms with Crippen molar-refractivity contribution in [2.24, 2.45) is 5.92 Å². The molecule has 0 bridgehead atoms. The van der Waals surface area contributed by atoms with E-state index in [1.54, 1.807) is 0 Å². The third kappa shape index (κ3) is 4.69. The maximum atomic E-state index is 4.38. The number of benzene rings is 1. The summed E-state index contributed by atoms with van der Waals surface area (Å²) in [5, 5.41) is 8.60. The quantitative estimate of drug-likeness (QED) is 0.698. The molecular weight excluding hydrogens is 400 g/mol. The molecule has 0 aliphatic carbocycles. The number of piperidine rings is 2. The van der Waals surface area contributed by atoms with E-state index < -0.39 is 0 Å². The summed E-state index contributed by atoms with van der Waals surface area (Å²) >= 11 is 3.55. The summed E-state index contributed by atoms with van der Waals surface area (Å²) < 4.78 is 1.16. The van der Waals surface area contributed by atoms with E-state index in [1.807, 2.05) is 6.92 Å². The van der Waals surface area contributed by atoms with Crippen molar-refractivity contribution >= 4 is 21.7 Å². The van der Waals surface area contributed by atoms with Gasteiger partial charge in [0.25, 0.3) is 0 Å². The lowest BCUT2D eigenvalue weighted by Crippen LogP contribution is -2.47. The zero-order valence-electron chi connectivity index (χ0n) is 16.1. The summed E-state index contributed by atoms with van der Waals surface area (Å²) in [5.74, 6) is 1.84. The minimum absolute atomic E-state index is 0.730. The first kappa shape index (κ1) is 18.9. The Kier molecular flexibility index (Phi) is 6.08. The van der Waals surface area contributed by atoms with Crippen LogP contribution in [-0.2, 0) is 6.54 Å². The van der Waals surface area contributed by atoms with Gasteiger partial charge in [0.1, 0.15) is 0 Å². The van der Waals surface area contributed by atoms with Crippen molar-refractivity contribution in [1.29, 1.82) is 0 Å². The SMILES string of the molecule is Cc1ccc(N2CCC(C3CCCCN3Cc3ccc(Br)cc3)CC2)nn1. The minimum Gasteiger partial charge on any atom is -0.355 e. The number of hydrogen-bond donors (Lipinski definition) is 0. The Hall–Kier alpha value is -1.46. The lowest BCUT2D eigenvalue weighted by atomic mass is 9.83. The fourth-order valence-corrected chi connectivity index (χ4v) is 4.91. The molecule has 27 heavy (non-hydrogen) atoms. The maximum absolute atomic E-state index is 4.38. The third-order valence-corrected chi connectivity index (χ3v) is 6.68. The molecular formula is C22H29BrN4. The molecule has 1 aromatic heterocycles. The molecule has 4 nitrogen and oxygen atoms in total. The van der Waals surface area contributed by atoms with Crippen LogP contribution in [0.15, 0.2) is 40.9 Å². The molecule has 3 heterocycles. The molecule has 1 aromatic carbocycles. The molecule has 2 aliphatic rings. The van der Waals surface area contributed by atoms with Crippen molar-refractivity contribution in [3.8, 4) is 0 Å². The monoisotopic (exact) mass is 428 g/mol. The zero-order chi connectivity index (χ0) is 18.6. The molecule has 2 aromatic rings. The Morgan fingerprint density at radius 3 is 2.41 bits per heavy atom. The van der Waals surface area contributed by atoms with Crippen molar-refractivity contribution in [2.45, 2.75) is 51.6 Å². The van der Waals surface area contributed by atoms with Crippen molar-refractivity contribution in [2.75, 3.05) is 24.5 Å². The largest absolute Gasteiger partial charge is 0.355 e. The fraction of sp³-hybridized carbons (Fsp3) is 0.545. The number of nitrogens with zero attached hydrogens (tertiary/aromatic N) is 4. The second-order valence-corrected chi connectivity index (χ2v) is 8.93. The number of hydrogen-bond acceptors (Lipinski definition) is 4. The van der Waals surface area contributed by atoms with Gasteiger partial charge in [-0.15, -0.1) is 5.10 Å². The van der Waals surface area contributed by atoms with Crippen LogP contribution >= 0.6 is 15.9 Å². The predicted octanol–water partition coefficient (Wildman–Crippen LogP) is 4.82. The highest BCUT2D eigenvalue weighted by Crippen LogP contribution is 2.32. The van der Waals surface area contributed by atoms with E-state index in [0.717, 1.165) is 47.6 Å². The Labute approximate surface area is 171 Å². The Morgan fingerprint density at radius 1 is 0.926 bits per heavy atom. The first-order chi connectivity index (χ1) is 13.2. The molecule has 0 radical (unpaired) electrons. The molecule has 2 fully saturated rings. The average Bonchev–Trinajstić information content (AvgIpc) is 2.71. The number of rotatable bonds is 4. The van der Waals surface area contributed by atoms with E-state index >= 15 is 0 Å². The molecule has 1 unspecified atom stereocenters. The van der Waals surface area contributed by atoms with Crippen LogP contribution in [0, 0.1) is 12.8 Å². The van der Waals surface area contributed by atoms with Crippen LogP contribution in [0.2, 0.25) is 0 Å². The molecule has 0 N–H and O–H groups in total. The Morgan fingerprint density at radius 2 is 1.70 bits per heavy atom. The van der Waals surface area contributed by atoms with Crippen molar-refractivity contribution in [3.05, 3.63) is 52.1 Å². The lowest BCUT2D eigenvalue weighted by molar-refractivity contribution is 0.0806. The van der Waals surface area contributed by atoms with Gasteiger partial charge < -0.3 is 4.90 Å². The zero-order valence-corrected chi connectivity index (χ0v) is 17.7. The molecule has 1 atom stereocenters. The highest BCUT2D eigenvalue weighted by molar-refractivity contribution is 9.10. The fourth-order valence-electron chi connectivity index (χ4n) is 4.65. The van der Waals surface area contributed by atoms with Gasteiger partial charge in [-0.25, -0.2) is 0 Å². The Balaban J connectivity index is 1.38. The Bertz CT molecular complexity index is 723. The standard InChI is InChI=1S/C22H29BrN4/c1-17-5-10-22(25-24-17)26-14-11-19(12-15-26)21-4-2-3-13-27(21)16-18-6-8-20(23)9-7-18/h5-10,19,21H,2-4,11-16H2,1H3. The van der Waals surface area contributed by atoms with Crippen molar-refractivity contribution in [3.63, 3.8) is 0 Å². The summed E-state index contributed by atoms with van der Waals surface area (Å²) in [5.41, 5.74) is 2.41. The number of likely N-dealkylation sites (tertiary alicyclic amines) is 1. The molecule has 4 rings (SSSR count). The number of halogens is 1. The van der Waals surface area contributed by atoms with Gasteiger partial charge in [0, 0.05) is 30.1 Å². The van der Waals surface area contributed by atoms with Gasteiger partial charge in [-0.2, -0.15) is 5.10 Å². The van der Waals surface area contributed by atoms with Crippen LogP contribution in [0.25, 0.3) is 0 Å². The first-order valence-electron chi connectivity index (χ1n) is 10.2. The minimum atomic E-state index is 0.730. The highest BCUT2D eigenvalue weighted by Gasteiger charge is 2.32. The summed E-state index contributed by atoms with van der Waals surface area (Å²) in [6.45, 7) is 6.52. The van der Waals surface area contributed by atoms with Gasteiger partial charge in [-0.3, -0.25) is 4.90 Å². The third-order valence-electron chi connectivity index (χ3n) is 6.15. The van der Waals surface area contributed by atoms with E-state index in [1.165, 1.54) is 44.2 Å². The molecule has 144 valence electrons. The molecule has 2 saturated heterocycles. The second-order valence-electron chi connectivity index (χ2n) is 8.02. The lowest BCUT2D eigenvalue weighted by Gasteiger charge is -2.44. The van der Waals surface area contributed by atoms with E-state index in [4.69, 9.17) is 0 Å². The normalized spacial score (nSPS) is 22.1. The van der Waals surface area contributed by atoms with Crippen LogP contribution in [0.3, 0.4) is 0 Å². The van der Waals surface area contributed by atoms with Gasteiger partial charge in [0.2, 0.25) is 0 Å². The molecule has 0 spiro atoms. The van der Waals surface area contributed by atoms with Gasteiger partial charge in [-0.1, -0.05) is 34.5 Å². The first-order valence-corrected chi connectivity index (χ1v) is 11.0. The van der Waals surface area contributed by atoms with Crippen LogP contribution in [-0.4, -0.2) is 40.8 Å². The van der Waals surface area contributed by atoms with Gasteiger partial charge >= 0.3 is 0 Å². The number of aromatic nitrogens is 2. The highest BCUT2D eigenvalue weighted by atomic mass is 79.9.